The van der Waals surface area contributed by atoms with Crippen LogP contribution in [0.1, 0.15) is 20.3 Å². The molecule has 0 bridgehead atoms. The highest BCUT2D eigenvalue weighted by Crippen LogP contribution is 2.16. The Bertz CT molecular complexity index is 659. The Morgan fingerprint density at radius 1 is 1.33 bits per heavy atom. The van der Waals surface area contributed by atoms with E-state index in [4.69, 9.17) is 17.0 Å². The maximum Gasteiger partial charge on any atom is 0.308 e. The Morgan fingerprint density at radius 2 is 2.05 bits per heavy atom. The number of aromatic nitrogens is 1. The predicted molar refractivity (Wildman–Crippen MR) is 92.2 cm³/mol. The average Bonchev–Trinajstić information content (AvgIpc) is 2.80. The monoisotopic (exact) mass is 324 g/mol. The molecule has 0 spiro atoms. The first-order valence-corrected chi connectivity index (χ1v) is 8.40. The van der Waals surface area contributed by atoms with Crippen molar-refractivity contribution in [3.8, 4) is 0 Å². The molecular formula is C15H20N2O2S2. The summed E-state index contributed by atoms with van der Waals surface area (Å²) in [5.41, 5.74) is 0.999. The van der Waals surface area contributed by atoms with Crippen molar-refractivity contribution in [1.29, 1.82) is 0 Å². The summed E-state index contributed by atoms with van der Waals surface area (Å²) in [6, 6.07) is 7.86. The van der Waals surface area contributed by atoms with Crippen molar-refractivity contribution in [2.45, 2.75) is 26.8 Å². The van der Waals surface area contributed by atoms with E-state index >= 15 is 0 Å². The first kappa shape index (κ1) is 16.0. The second-order valence-electron chi connectivity index (χ2n) is 4.63. The molecule has 1 aromatic carbocycles. The van der Waals surface area contributed by atoms with Crippen LogP contribution in [0.5, 0.6) is 0 Å². The zero-order valence-corrected chi connectivity index (χ0v) is 14.0. The van der Waals surface area contributed by atoms with Crippen molar-refractivity contribution in [3.05, 3.63) is 33.9 Å². The third kappa shape index (κ3) is 3.83. The van der Waals surface area contributed by atoms with Crippen molar-refractivity contribution in [2.24, 2.45) is 0 Å². The highest BCUT2D eigenvalue weighted by Gasteiger charge is 2.08. The molecular weight excluding hydrogens is 304 g/mol. The number of fused-ring (bicyclic) bond motifs is 1. The van der Waals surface area contributed by atoms with Crippen molar-refractivity contribution in [3.63, 3.8) is 0 Å². The Morgan fingerprint density at radius 3 is 2.76 bits per heavy atom. The number of hydrogen-bond acceptors (Lipinski definition) is 4. The molecule has 0 aliphatic rings. The van der Waals surface area contributed by atoms with E-state index in [2.05, 4.69) is 13.8 Å². The number of thiocarbonyl (C=S) groups is 1. The second kappa shape index (κ2) is 7.56. The molecule has 0 fully saturated rings. The SMILES string of the molecule is CCN(CC)C(=S)OCCCn1c(=O)sc2ccccc21. The highest BCUT2D eigenvalue weighted by molar-refractivity contribution is 7.80. The van der Waals surface area contributed by atoms with Crippen LogP contribution >= 0.6 is 23.6 Å². The van der Waals surface area contributed by atoms with E-state index in [1.807, 2.05) is 33.7 Å². The number of ether oxygens (including phenoxy) is 1. The third-order valence-electron chi connectivity index (χ3n) is 3.35. The summed E-state index contributed by atoms with van der Waals surface area (Å²) in [6.07, 6.45) is 0.766. The van der Waals surface area contributed by atoms with Crippen molar-refractivity contribution < 1.29 is 4.74 Å². The van der Waals surface area contributed by atoms with Crippen molar-refractivity contribution >= 4 is 38.9 Å². The van der Waals surface area contributed by atoms with Gasteiger partial charge in [-0.2, -0.15) is 0 Å². The Hall–Kier alpha value is -1.40. The molecule has 0 saturated carbocycles. The lowest BCUT2D eigenvalue weighted by Crippen LogP contribution is -2.31. The molecule has 0 atom stereocenters. The largest absolute Gasteiger partial charge is 0.471 e. The van der Waals surface area contributed by atoms with Gasteiger partial charge in [-0.3, -0.25) is 9.36 Å². The van der Waals surface area contributed by atoms with Crippen molar-refractivity contribution in [1.82, 2.24) is 9.47 Å². The van der Waals surface area contributed by atoms with Gasteiger partial charge in [0.05, 0.1) is 16.8 Å². The molecule has 1 aromatic heterocycles. The van der Waals surface area contributed by atoms with E-state index in [0.717, 1.165) is 29.7 Å². The molecule has 1 heterocycles. The summed E-state index contributed by atoms with van der Waals surface area (Å²) in [6.45, 7) is 7.00. The summed E-state index contributed by atoms with van der Waals surface area (Å²) < 4.78 is 8.42. The highest BCUT2D eigenvalue weighted by atomic mass is 32.1. The maximum atomic E-state index is 12.0. The molecule has 0 aliphatic heterocycles. The fraction of sp³-hybridized carbons (Fsp3) is 0.467. The van der Waals surface area contributed by atoms with Gasteiger partial charge in [-0.05, 0) is 44.6 Å². The topological polar surface area (TPSA) is 34.5 Å². The molecule has 0 amide bonds. The average molecular weight is 324 g/mol. The van der Waals surface area contributed by atoms with Crippen LogP contribution in [-0.4, -0.2) is 34.3 Å². The van der Waals surface area contributed by atoms with Crippen LogP contribution in [0, 0.1) is 0 Å². The van der Waals surface area contributed by atoms with Crippen LogP contribution < -0.4 is 4.87 Å². The molecule has 21 heavy (non-hydrogen) atoms. The minimum absolute atomic E-state index is 0.0857. The van der Waals surface area contributed by atoms with Crippen LogP contribution in [-0.2, 0) is 11.3 Å². The van der Waals surface area contributed by atoms with Gasteiger partial charge in [0.15, 0.2) is 0 Å². The van der Waals surface area contributed by atoms with Gasteiger partial charge < -0.3 is 9.64 Å². The minimum Gasteiger partial charge on any atom is -0.471 e. The fourth-order valence-corrected chi connectivity index (χ4v) is 3.44. The second-order valence-corrected chi connectivity index (χ2v) is 5.97. The van der Waals surface area contributed by atoms with Crippen LogP contribution in [0.4, 0.5) is 0 Å². The Balaban J connectivity index is 1.90. The summed E-state index contributed by atoms with van der Waals surface area (Å²) in [7, 11) is 0. The predicted octanol–water partition coefficient (Wildman–Crippen LogP) is 3.10. The standard InChI is InChI=1S/C15H20N2O2S2/c1-3-16(4-2)15(20)19-11-7-10-17-12-8-5-6-9-13(12)21-14(17)18/h5-6,8-9H,3-4,7,10-11H2,1-2H3. The lowest BCUT2D eigenvalue weighted by Gasteiger charge is -2.21. The van der Waals surface area contributed by atoms with Gasteiger partial charge in [0.2, 0.25) is 0 Å². The van der Waals surface area contributed by atoms with Gasteiger partial charge >= 0.3 is 4.87 Å². The first-order valence-electron chi connectivity index (χ1n) is 7.17. The molecule has 2 rings (SSSR count). The Labute approximate surface area is 133 Å². The lowest BCUT2D eigenvalue weighted by molar-refractivity contribution is 0.240. The summed E-state index contributed by atoms with van der Waals surface area (Å²) in [4.78, 5) is 14.1. The number of rotatable bonds is 6. The normalized spacial score (nSPS) is 10.8. The van der Waals surface area contributed by atoms with Gasteiger partial charge in [-0.25, -0.2) is 0 Å². The van der Waals surface area contributed by atoms with Crippen molar-refractivity contribution in [2.75, 3.05) is 19.7 Å². The van der Waals surface area contributed by atoms with Crippen LogP contribution in [0.25, 0.3) is 10.2 Å². The summed E-state index contributed by atoms with van der Waals surface area (Å²) in [5.74, 6) is 0. The fourth-order valence-electron chi connectivity index (χ4n) is 2.18. The maximum absolute atomic E-state index is 12.0. The molecule has 0 saturated heterocycles. The quantitative estimate of drug-likeness (QED) is 0.604. The van der Waals surface area contributed by atoms with Gasteiger partial charge in [0.1, 0.15) is 0 Å². The molecule has 0 unspecified atom stereocenters. The zero-order valence-electron chi connectivity index (χ0n) is 12.4. The number of thiazole rings is 1. The first-order chi connectivity index (χ1) is 10.2. The number of hydrogen-bond donors (Lipinski definition) is 0. The molecule has 0 N–H and O–H groups in total. The number of aryl methyl sites for hydroxylation is 1. The minimum atomic E-state index is 0.0857. The summed E-state index contributed by atoms with van der Waals surface area (Å²) in [5, 5.41) is 0.544. The van der Waals surface area contributed by atoms with E-state index in [9.17, 15) is 4.79 Å². The molecule has 0 aliphatic carbocycles. The van der Waals surface area contributed by atoms with E-state index in [1.165, 1.54) is 11.3 Å². The van der Waals surface area contributed by atoms with Gasteiger partial charge in [-0.15, -0.1) is 0 Å². The molecule has 4 nitrogen and oxygen atoms in total. The lowest BCUT2D eigenvalue weighted by atomic mass is 10.3. The van der Waals surface area contributed by atoms with E-state index < -0.39 is 0 Å². The molecule has 2 aromatic rings. The smallest absolute Gasteiger partial charge is 0.308 e. The van der Waals surface area contributed by atoms with Gasteiger partial charge in [-0.1, -0.05) is 23.5 Å². The van der Waals surface area contributed by atoms with Crippen LogP contribution in [0.2, 0.25) is 0 Å². The molecule has 114 valence electrons. The zero-order chi connectivity index (χ0) is 15.2. The van der Waals surface area contributed by atoms with Gasteiger partial charge in [0, 0.05) is 19.6 Å². The summed E-state index contributed by atoms with van der Waals surface area (Å²) >= 11 is 6.51. The van der Waals surface area contributed by atoms with E-state index in [-0.39, 0.29) is 4.87 Å². The molecule has 0 radical (unpaired) electrons. The van der Waals surface area contributed by atoms with E-state index in [1.54, 1.807) is 0 Å². The van der Waals surface area contributed by atoms with Crippen LogP contribution in [0.3, 0.4) is 0 Å². The van der Waals surface area contributed by atoms with Gasteiger partial charge in [0.25, 0.3) is 5.17 Å². The Kier molecular flexibility index (Phi) is 5.76. The number of nitrogens with zero attached hydrogens (tertiary/aromatic N) is 2. The number of benzene rings is 1. The van der Waals surface area contributed by atoms with Crippen LogP contribution in [0.15, 0.2) is 29.1 Å². The third-order valence-corrected chi connectivity index (χ3v) is 4.68. The number of para-hydroxylation sites is 1. The molecule has 6 heteroatoms. The van der Waals surface area contributed by atoms with E-state index in [0.29, 0.717) is 18.3 Å².